The number of amides is 4. The zero-order valence-electron chi connectivity index (χ0n) is 26.8. The first-order valence-electron chi connectivity index (χ1n) is 16.4. The number of nitrogens with zero attached hydrogens (tertiary/aromatic N) is 4. The molecule has 4 atom stereocenters. The van der Waals surface area contributed by atoms with Crippen molar-refractivity contribution in [2.75, 3.05) is 59.1 Å². The minimum Gasteiger partial charge on any atom is -0.381 e. The number of carbonyl (C=O) groups excluding carboxylic acids is 4. The number of piperidine rings is 1. The highest BCUT2D eigenvalue weighted by molar-refractivity contribution is 7.11. The third-order valence-electron chi connectivity index (χ3n) is 10.8. The normalized spacial score (nSPS) is 28.0. The van der Waals surface area contributed by atoms with Crippen LogP contribution in [0.2, 0.25) is 0 Å². The number of likely N-dealkylation sites (tertiary alicyclic amines) is 3. The van der Waals surface area contributed by atoms with Crippen molar-refractivity contribution in [1.29, 1.82) is 0 Å². The molecule has 0 bridgehead atoms. The van der Waals surface area contributed by atoms with Gasteiger partial charge in [-0.1, -0.05) is 13.8 Å². The summed E-state index contributed by atoms with van der Waals surface area (Å²) >= 11 is 1.23. The van der Waals surface area contributed by atoms with Crippen molar-refractivity contribution in [2.45, 2.75) is 70.9 Å². The fourth-order valence-corrected chi connectivity index (χ4v) is 8.03. The molecule has 1 aromatic heterocycles. The number of hydrogen-bond acceptors (Lipinski definition) is 8. The Hall–Kier alpha value is -2.71. The highest BCUT2D eigenvalue weighted by Gasteiger charge is 2.62. The molecule has 0 unspecified atom stereocenters. The molecule has 5 fully saturated rings. The zero-order valence-corrected chi connectivity index (χ0v) is 27.7. The number of alkyl halides is 2. The first-order chi connectivity index (χ1) is 21.8. The number of rotatable bonds is 9. The van der Waals surface area contributed by atoms with Gasteiger partial charge in [0.05, 0.1) is 30.3 Å². The number of halogens is 2. The van der Waals surface area contributed by atoms with Gasteiger partial charge in [-0.05, 0) is 37.5 Å². The highest BCUT2D eigenvalue weighted by Crippen LogP contribution is 2.54. The number of aromatic nitrogens is 1. The van der Waals surface area contributed by atoms with E-state index < -0.39 is 54.1 Å². The quantitative estimate of drug-likeness (QED) is 0.431. The van der Waals surface area contributed by atoms with Gasteiger partial charge < -0.3 is 29.5 Å². The van der Waals surface area contributed by atoms with Crippen LogP contribution in [0.15, 0.2) is 11.7 Å². The van der Waals surface area contributed by atoms with Gasteiger partial charge in [0.25, 0.3) is 11.8 Å². The van der Waals surface area contributed by atoms with Gasteiger partial charge in [-0.2, -0.15) is 0 Å². The average Bonchev–Trinajstić information content (AvgIpc) is 3.38. The molecule has 0 radical (unpaired) electrons. The molecule has 46 heavy (non-hydrogen) atoms. The molecular weight excluding hydrogens is 620 g/mol. The maximum absolute atomic E-state index is 14.2. The minimum absolute atomic E-state index is 0.0345. The molecule has 4 saturated heterocycles. The van der Waals surface area contributed by atoms with Gasteiger partial charge in [-0.25, -0.2) is 8.78 Å². The summed E-state index contributed by atoms with van der Waals surface area (Å²) in [6.07, 6.45) is 2.42. The number of carbonyl (C=O) groups is 4. The number of ether oxygens (including phenoxy) is 2. The predicted octanol–water partition coefficient (Wildman–Crippen LogP) is 2.66. The van der Waals surface area contributed by atoms with Gasteiger partial charge in [-0.15, -0.1) is 11.3 Å². The Morgan fingerprint density at radius 1 is 1.07 bits per heavy atom. The highest BCUT2D eigenvalue weighted by atomic mass is 32.1. The maximum atomic E-state index is 14.2. The SMILES string of the molecule is C[C@@H](OCC1CCOCC1)[C@H](NC(=O)[C@@H]1CN(C(=O)c2cncs2)CC12CN(C(=O)[C@H]1CC1(C)C)C2)C(=O)N1CCC(F)(F)CC1. The van der Waals surface area contributed by atoms with Crippen LogP contribution in [0.25, 0.3) is 0 Å². The zero-order chi connectivity index (χ0) is 32.9. The lowest BCUT2D eigenvalue weighted by molar-refractivity contribution is -0.153. The van der Waals surface area contributed by atoms with Gasteiger partial charge in [0.2, 0.25) is 17.7 Å². The Kier molecular flexibility index (Phi) is 9.18. The van der Waals surface area contributed by atoms with E-state index in [0.717, 1.165) is 19.3 Å². The molecule has 14 heteroatoms. The van der Waals surface area contributed by atoms with E-state index >= 15 is 0 Å². The predicted molar refractivity (Wildman–Crippen MR) is 164 cm³/mol. The number of hydrogen-bond donors (Lipinski definition) is 1. The van der Waals surface area contributed by atoms with Crippen LogP contribution in [0.1, 0.15) is 62.5 Å². The van der Waals surface area contributed by atoms with Gasteiger partial charge in [0.15, 0.2) is 0 Å². The summed E-state index contributed by atoms with van der Waals surface area (Å²) in [5, 5.41) is 2.96. The van der Waals surface area contributed by atoms with Crippen LogP contribution < -0.4 is 5.32 Å². The Balaban J connectivity index is 1.19. The Morgan fingerprint density at radius 2 is 1.72 bits per heavy atom. The fraction of sp³-hybridized carbons (Fsp3) is 0.781. The maximum Gasteiger partial charge on any atom is 0.265 e. The van der Waals surface area contributed by atoms with E-state index in [4.69, 9.17) is 9.47 Å². The molecule has 5 heterocycles. The summed E-state index contributed by atoms with van der Waals surface area (Å²) in [5.74, 6) is -4.28. The van der Waals surface area contributed by atoms with E-state index in [2.05, 4.69) is 24.1 Å². The Labute approximate surface area is 272 Å². The molecule has 0 aromatic carbocycles. The number of nitrogens with one attached hydrogen (secondary N) is 1. The van der Waals surface area contributed by atoms with E-state index in [-0.39, 0.29) is 48.7 Å². The van der Waals surface area contributed by atoms with Crippen LogP contribution in [0.4, 0.5) is 8.78 Å². The molecule has 4 aliphatic heterocycles. The van der Waals surface area contributed by atoms with Gasteiger partial charge in [0, 0.05) is 76.7 Å². The smallest absolute Gasteiger partial charge is 0.265 e. The summed E-state index contributed by atoms with van der Waals surface area (Å²) in [5.41, 5.74) is 0.887. The summed E-state index contributed by atoms with van der Waals surface area (Å²) in [6, 6.07) is -1.09. The minimum atomic E-state index is -2.83. The summed E-state index contributed by atoms with van der Waals surface area (Å²) in [7, 11) is 0. The second-order valence-electron chi connectivity index (χ2n) is 14.7. The molecule has 1 saturated carbocycles. The summed E-state index contributed by atoms with van der Waals surface area (Å²) in [4.78, 5) is 64.0. The molecule has 1 aromatic rings. The van der Waals surface area contributed by atoms with Crippen LogP contribution >= 0.6 is 11.3 Å². The van der Waals surface area contributed by atoms with Gasteiger partial charge in [0.1, 0.15) is 10.9 Å². The van der Waals surface area contributed by atoms with E-state index in [9.17, 15) is 28.0 Å². The van der Waals surface area contributed by atoms with E-state index in [1.807, 2.05) is 0 Å². The monoisotopic (exact) mass is 665 g/mol. The van der Waals surface area contributed by atoms with Crippen LogP contribution in [0.3, 0.4) is 0 Å². The van der Waals surface area contributed by atoms with Crippen molar-refractivity contribution in [2.24, 2.45) is 28.6 Å². The van der Waals surface area contributed by atoms with Crippen molar-refractivity contribution in [3.8, 4) is 0 Å². The molecule has 11 nitrogen and oxygen atoms in total. The van der Waals surface area contributed by atoms with E-state index in [0.29, 0.717) is 44.3 Å². The Morgan fingerprint density at radius 3 is 2.33 bits per heavy atom. The molecule has 5 aliphatic rings. The first-order valence-corrected chi connectivity index (χ1v) is 17.3. The van der Waals surface area contributed by atoms with Gasteiger partial charge in [-0.3, -0.25) is 24.2 Å². The standard InChI is InChI=1S/C32H45F2N5O6S/c1-20(45-15-21-4-10-44-11-5-21)25(29(43)37-8-6-32(33,34)7-9-37)36-26(40)23-14-38(28(42)24-13-35-19-46-24)16-31(23)17-39(18-31)27(41)22-12-30(22,2)3/h13,19-23,25H,4-12,14-18H2,1-3H3,(H,36,40)/t20-,22-,23+,25+/m1/s1. The van der Waals surface area contributed by atoms with Crippen molar-refractivity contribution in [3.63, 3.8) is 0 Å². The average molecular weight is 666 g/mol. The van der Waals surface area contributed by atoms with E-state index in [1.54, 1.807) is 22.2 Å². The second-order valence-corrected chi connectivity index (χ2v) is 15.6. The van der Waals surface area contributed by atoms with Crippen LogP contribution in [0.5, 0.6) is 0 Å². The second kappa shape index (κ2) is 12.7. The molecule has 1 N–H and O–H groups in total. The van der Waals surface area contributed by atoms with Gasteiger partial charge >= 0.3 is 0 Å². The van der Waals surface area contributed by atoms with Crippen molar-refractivity contribution in [3.05, 3.63) is 16.6 Å². The van der Waals surface area contributed by atoms with Crippen LogP contribution in [-0.4, -0.2) is 120 Å². The van der Waals surface area contributed by atoms with Crippen LogP contribution in [0, 0.1) is 28.6 Å². The third kappa shape index (κ3) is 6.80. The van der Waals surface area contributed by atoms with Crippen molar-refractivity contribution < 1.29 is 37.4 Å². The van der Waals surface area contributed by atoms with Crippen molar-refractivity contribution >= 4 is 35.0 Å². The molecule has 1 aliphatic carbocycles. The largest absolute Gasteiger partial charge is 0.381 e. The topological polar surface area (TPSA) is 121 Å². The molecule has 4 amide bonds. The molecule has 254 valence electrons. The fourth-order valence-electron chi connectivity index (χ4n) is 7.44. The molecule has 6 rings (SSSR count). The number of thiazole rings is 1. The van der Waals surface area contributed by atoms with Crippen LogP contribution in [-0.2, 0) is 23.9 Å². The first kappa shape index (κ1) is 33.2. The lowest BCUT2D eigenvalue weighted by Crippen LogP contribution is -2.65. The third-order valence-corrected chi connectivity index (χ3v) is 11.6. The van der Waals surface area contributed by atoms with E-state index in [1.165, 1.54) is 22.4 Å². The molecule has 1 spiro atoms. The molecular formula is C32H45F2N5O6S. The lowest BCUT2D eigenvalue weighted by Gasteiger charge is -2.50. The summed E-state index contributed by atoms with van der Waals surface area (Å²) in [6.45, 7) is 8.45. The Bertz CT molecular complexity index is 1310. The lowest BCUT2D eigenvalue weighted by atomic mass is 9.70. The van der Waals surface area contributed by atoms with Crippen molar-refractivity contribution in [1.82, 2.24) is 25.0 Å². The summed E-state index contributed by atoms with van der Waals surface area (Å²) < 4.78 is 39.5.